The van der Waals surface area contributed by atoms with E-state index in [9.17, 15) is 22.0 Å². The van der Waals surface area contributed by atoms with Gasteiger partial charge in [-0.1, -0.05) is 30.3 Å². The van der Waals surface area contributed by atoms with E-state index in [1.807, 2.05) is 6.07 Å². The minimum absolute atomic E-state index is 0.0226. The average Bonchev–Trinajstić information content (AvgIpc) is 2.49. The van der Waals surface area contributed by atoms with Crippen LogP contribution in [0.1, 0.15) is 12.0 Å². The molecule has 9 heteroatoms. The van der Waals surface area contributed by atoms with Crippen molar-refractivity contribution in [2.75, 3.05) is 32.4 Å². The normalized spacial score (nSPS) is 22.4. The van der Waals surface area contributed by atoms with E-state index < -0.39 is 34.0 Å². The Hall–Kier alpha value is -1.74. The lowest BCUT2D eigenvalue weighted by Crippen LogP contribution is -2.71. The number of carbonyl (C=O) groups excluding carboxylic acids is 1. The quantitative estimate of drug-likeness (QED) is 0.811. The van der Waals surface area contributed by atoms with Crippen LogP contribution in [-0.4, -0.2) is 62.1 Å². The van der Waals surface area contributed by atoms with Crippen LogP contribution in [0.5, 0.6) is 0 Å². The predicted molar refractivity (Wildman–Crippen MR) is 86.6 cm³/mol. The molecule has 3 rings (SSSR count). The maximum absolute atomic E-state index is 14.6. The van der Waals surface area contributed by atoms with Crippen LogP contribution in [0.15, 0.2) is 30.3 Å². The highest BCUT2D eigenvalue weighted by molar-refractivity contribution is 7.88. The SMILES string of the molecule is CS(=O)(=O)N1CC2(CCN(C(=O)OCc3ccccc3)CC2(F)F)C1. The van der Waals surface area contributed by atoms with Gasteiger partial charge in [-0.05, 0) is 12.0 Å². The fourth-order valence-corrected chi connectivity index (χ4v) is 4.20. The standard InChI is InChI=1S/C16H20F2N2O4S/c1-25(22,23)20-10-15(11-20)7-8-19(12-16(15,17)18)14(21)24-9-13-5-3-2-4-6-13/h2-6H,7-12H2,1H3. The molecule has 0 radical (unpaired) electrons. The van der Waals surface area contributed by atoms with E-state index in [1.165, 1.54) is 0 Å². The van der Waals surface area contributed by atoms with Gasteiger partial charge < -0.3 is 9.64 Å². The van der Waals surface area contributed by atoms with E-state index >= 15 is 0 Å². The summed E-state index contributed by atoms with van der Waals surface area (Å²) in [4.78, 5) is 13.1. The van der Waals surface area contributed by atoms with Gasteiger partial charge in [-0.2, -0.15) is 0 Å². The van der Waals surface area contributed by atoms with Gasteiger partial charge in [0.2, 0.25) is 10.0 Å². The Balaban J connectivity index is 1.58. The molecule has 6 nitrogen and oxygen atoms in total. The Bertz CT molecular complexity index is 749. The number of hydrogen-bond acceptors (Lipinski definition) is 4. The van der Waals surface area contributed by atoms with Gasteiger partial charge in [-0.15, -0.1) is 0 Å². The van der Waals surface area contributed by atoms with Gasteiger partial charge in [-0.3, -0.25) is 0 Å². The maximum Gasteiger partial charge on any atom is 0.410 e. The number of benzene rings is 1. The van der Waals surface area contributed by atoms with Gasteiger partial charge in [0.05, 0.1) is 18.2 Å². The molecule has 2 aliphatic heterocycles. The third kappa shape index (κ3) is 3.48. The number of hydrogen-bond donors (Lipinski definition) is 0. The smallest absolute Gasteiger partial charge is 0.410 e. The number of sulfonamides is 1. The van der Waals surface area contributed by atoms with Crippen molar-refractivity contribution in [2.45, 2.75) is 19.0 Å². The van der Waals surface area contributed by atoms with Crippen molar-refractivity contribution in [1.29, 1.82) is 0 Å². The highest BCUT2D eigenvalue weighted by Gasteiger charge is 2.64. The van der Waals surface area contributed by atoms with Crippen molar-refractivity contribution < 1.29 is 26.7 Å². The minimum atomic E-state index is -3.47. The number of piperidine rings is 1. The van der Waals surface area contributed by atoms with E-state index in [-0.39, 0.29) is 32.7 Å². The molecule has 0 bridgehead atoms. The summed E-state index contributed by atoms with van der Waals surface area (Å²) in [5.74, 6) is -3.15. The third-order valence-corrected chi connectivity index (χ3v) is 6.11. The number of ether oxygens (including phenoxy) is 1. The maximum atomic E-state index is 14.6. The minimum Gasteiger partial charge on any atom is -0.445 e. The Kier molecular flexibility index (Phi) is 4.48. The fraction of sp³-hybridized carbons (Fsp3) is 0.562. The van der Waals surface area contributed by atoms with E-state index in [0.717, 1.165) is 21.0 Å². The zero-order valence-electron chi connectivity index (χ0n) is 13.8. The van der Waals surface area contributed by atoms with Crippen molar-refractivity contribution in [2.24, 2.45) is 5.41 Å². The van der Waals surface area contributed by atoms with Crippen LogP contribution in [0.4, 0.5) is 13.6 Å². The molecule has 0 aromatic heterocycles. The highest BCUT2D eigenvalue weighted by atomic mass is 32.2. The van der Waals surface area contributed by atoms with Crippen LogP contribution in [0, 0.1) is 5.41 Å². The molecule has 0 atom stereocenters. The van der Waals surface area contributed by atoms with Gasteiger partial charge in [0.1, 0.15) is 6.61 Å². The monoisotopic (exact) mass is 374 g/mol. The Morgan fingerprint density at radius 2 is 1.84 bits per heavy atom. The summed E-state index contributed by atoms with van der Waals surface area (Å²) in [6.45, 7) is -1.01. The van der Waals surface area contributed by atoms with Crippen LogP contribution in [0.2, 0.25) is 0 Å². The summed E-state index contributed by atoms with van der Waals surface area (Å²) < 4.78 is 58.2. The van der Waals surface area contributed by atoms with Crippen molar-refractivity contribution in [3.63, 3.8) is 0 Å². The molecule has 2 heterocycles. The molecule has 138 valence electrons. The first-order valence-electron chi connectivity index (χ1n) is 7.92. The van der Waals surface area contributed by atoms with Crippen LogP contribution < -0.4 is 0 Å². The number of rotatable bonds is 3. The zero-order valence-corrected chi connectivity index (χ0v) is 14.6. The molecular weight excluding hydrogens is 354 g/mol. The van der Waals surface area contributed by atoms with Gasteiger partial charge >= 0.3 is 6.09 Å². The van der Waals surface area contributed by atoms with Crippen molar-refractivity contribution in [3.8, 4) is 0 Å². The molecule has 0 saturated carbocycles. The second kappa shape index (κ2) is 6.21. The second-order valence-electron chi connectivity index (χ2n) is 6.73. The van der Waals surface area contributed by atoms with Gasteiger partial charge in [-0.25, -0.2) is 26.3 Å². The molecule has 0 N–H and O–H groups in total. The number of carbonyl (C=O) groups is 1. The van der Waals surface area contributed by atoms with E-state index in [4.69, 9.17) is 4.74 Å². The molecule has 2 fully saturated rings. The summed E-state index contributed by atoms with van der Waals surface area (Å²) in [6.07, 6.45) is 0.276. The highest BCUT2D eigenvalue weighted by Crippen LogP contribution is 2.50. The van der Waals surface area contributed by atoms with Crippen LogP contribution in [-0.2, 0) is 21.4 Å². The van der Waals surface area contributed by atoms with Crippen molar-refractivity contribution >= 4 is 16.1 Å². The summed E-state index contributed by atoms with van der Waals surface area (Å²) in [5.41, 5.74) is -0.606. The number of halogens is 2. The van der Waals surface area contributed by atoms with Gasteiger partial charge in [0.25, 0.3) is 5.92 Å². The number of alkyl halides is 2. The molecule has 1 aromatic rings. The Morgan fingerprint density at radius 1 is 1.20 bits per heavy atom. The van der Waals surface area contributed by atoms with Gasteiger partial charge in [0.15, 0.2) is 0 Å². The largest absolute Gasteiger partial charge is 0.445 e. The molecular formula is C16H20F2N2O4S. The molecule has 2 saturated heterocycles. The van der Waals surface area contributed by atoms with Crippen molar-refractivity contribution in [1.82, 2.24) is 9.21 Å². The predicted octanol–water partition coefficient (Wildman–Crippen LogP) is 1.93. The first-order valence-corrected chi connectivity index (χ1v) is 9.76. The fourth-order valence-electron chi connectivity index (χ4n) is 3.24. The number of amides is 1. The number of likely N-dealkylation sites (tertiary alicyclic amines) is 1. The van der Waals surface area contributed by atoms with Gasteiger partial charge in [0, 0.05) is 19.6 Å². The van der Waals surface area contributed by atoms with Crippen molar-refractivity contribution in [3.05, 3.63) is 35.9 Å². The lowest BCUT2D eigenvalue weighted by atomic mass is 9.70. The zero-order chi connectivity index (χ0) is 18.3. The van der Waals surface area contributed by atoms with E-state index in [2.05, 4.69) is 0 Å². The summed E-state index contributed by atoms with van der Waals surface area (Å²) in [6, 6.07) is 8.98. The van der Waals surface area contributed by atoms with E-state index in [1.54, 1.807) is 24.3 Å². The summed E-state index contributed by atoms with van der Waals surface area (Å²) >= 11 is 0. The molecule has 1 amide bonds. The van der Waals surface area contributed by atoms with E-state index in [0.29, 0.717) is 0 Å². The first-order chi connectivity index (χ1) is 11.6. The Morgan fingerprint density at radius 3 is 2.40 bits per heavy atom. The topological polar surface area (TPSA) is 66.9 Å². The molecule has 25 heavy (non-hydrogen) atoms. The molecule has 1 aromatic carbocycles. The third-order valence-electron chi connectivity index (χ3n) is 4.92. The summed E-state index contributed by atoms with van der Waals surface area (Å²) in [7, 11) is -3.47. The average molecular weight is 374 g/mol. The molecule has 1 spiro atoms. The summed E-state index contributed by atoms with van der Waals surface area (Å²) in [5, 5.41) is 0. The van der Waals surface area contributed by atoms with Crippen LogP contribution >= 0.6 is 0 Å². The molecule has 0 unspecified atom stereocenters. The van der Waals surface area contributed by atoms with Crippen LogP contribution in [0.25, 0.3) is 0 Å². The molecule has 2 aliphatic rings. The lowest BCUT2D eigenvalue weighted by molar-refractivity contribution is -0.204. The number of nitrogens with zero attached hydrogens (tertiary/aromatic N) is 2. The molecule has 0 aliphatic carbocycles. The second-order valence-corrected chi connectivity index (χ2v) is 8.71. The Labute approximate surface area is 145 Å². The lowest BCUT2D eigenvalue weighted by Gasteiger charge is -2.56. The van der Waals surface area contributed by atoms with Crippen LogP contribution in [0.3, 0.4) is 0 Å². The first kappa shape index (κ1) is 18.1.